The minimum atomic E-state index is -0.369. The lowest BCUT2D eigenvalue weighted by molar-refractivity contribution is 0.0983. The second-order valence-corrected chi connectivity index (χ2v) is 4.32. The van der Waals surface area contributed by atoms with E-state index in [1.807, 2.05) is 24.1 Å². The fourth-order valence-corrected chi connectivity index (χ4v) is 1.97. The number of likely N-dealkylation sites (N-methyl/N-ethyl adjacent to an activating group) is 1. The van der Waals surface area contributed by atoms with Crippen LogP contribution in [0.1, 0.15) is 32.1 Å². The number of aliphatic hydroxyl groups excluding tert-OH is 1. The lowest BCUT2D eigenvalue weighted by Gasteiger charge is -2.31. The van der Waals surface area contributed by atoms with Gasteiger partial charge in [0.15, 0.2) is 0 Å². The second-order valence-electron chi connectivity index (χ2n) is 4.32. The molecule has 3 N–H and O–H groups in total. The summed E-state index contributed by atoms with van der Waals surface area (Å²) in [6, 6.07) is 3.82. The lowest BCUT2D eigenvalue weighted by Crippen LogP contribution is -2.41. The van der Waals surface area contributed by atoms with Gasteiger partial charge < -0.3 is 15.3 Å². The minimum Gasteiger partial charge on any atom is -0.468 e. The molecule has 0 radical (unpaired) electrons. The Hall–Kier alpha value is -0.840. The Bertz CT molecular complexity index is 285. The van der Waals surface area contributed by atoms with E-state index in [1.54, 1.807) is 13.2 Å². The summed E-state index contributed by atoms with van der Waals surface area (Å²) in [5, 5.41) is 9.41. The summed E-state index contributed by atoms with van der Waals surface area (Å²) >= 11 is 0. The van der Waals surface area contributed by atoms with E-state index in [0.29, 0.717) is 6.54 Å². The highest BCUT2D eigenvalue weighted by Gasteiger charge is 2.25. The molecule has 0 aliphatic rings. The molecule has 1 aromatic heterocycles. The Labute approximate surface area is 97.0 Å². The molecule has 3 atom stereocenters. The summed E-state index contributed by atoms with van der Waals surface area (Å²) < 4.78 is 5.42. The molecule has 0 fully saturated rings. The van der Waals surface area contributed by atoms with Gasteiger partial charge in [0.1, 0.15) is 5.76 Å². The maximum Gasteiger partial charge on any atom is 0.122 e. The normalized spacial score (nSPS) is 17.4. The van der Waals surface area contributed by atoms with Crippen LogP contribution in [0, 0.1) is 0 Å². The number of hydrogen-bond donors (Lipinski definition) is 2. The van der Waals surface area contributed by atoms with E-state index in [0.717, 1.165) is 12.2 Å². The van der Waals surface area contributed by atoms with E-state index >= 15 is 0 Å². The zero-order valence-electron chi connectivity index (χ0n) is 10.3. The first-order valence-corrected chi connectivity index (χ1v) is 5.73. The van der Waals surface area contributed by atoms with Crippen molar-refractivity contribution in [2.75, 3.05) is 13.6 Å². The number of rotatable bonds is 6. The topological polar surface area (TPSA) is 62.6 Å². The number of nitrogens with zero attached hydrogens (tertiary/aromatic N) is 1. The number of aliphatic hydroxyl groups is 1. The quantitative estimate of drug-likeness (QED) is 0.769. The molecule has 0 aliphatic carbocycles. The van der Waals surface area contributed by atoms with Crippen LogP contribution in [-0.4, -0.2) is 35.7 Å². The second kappa shape index (κ2) is 6.03. The molecule has 1 aromatic rings. The van der Waals surface area contributed by atoms with Crippen LogP contribution in [0.25, 0.3) is 0 Å². The van der Waals surface area contributed by atoms with Gasteiger partial charge in [-0.05, 0) is 32.5 Å². The molecular weight excluding hydrogens is 204 g/mol. The summed E-state index contributed by atoms with van der Waals surface area (Å²) in [5.74, 6) is 0.859. The molecule has 3 unspecified atom stereocenters. The van der Waals surface area contributed by atoms with E-state index in [1.165, 1.54) is 0 Å². The van der Waals surface area contributed by atoms with E-state index in [-0.39, 0.29) is 18.2 Å². The molecule has 16 heavy (non-hydrogen) atoms. The maximum atomic E-state index is 9.41. The maximum absolute atomic E-state index is 9.41. The van der Waals surface area contributed by atoms with Crippen LogP contribution in [-0.2, 0) is 0 Å². The molecule has 0 aromatic carbocycles. The van der Waals surface area contributed by atoms with Crippen molar-refractivity contribution < 1.29 is 9.52 Å². The number of furan rings is 1. The summed E-state index contributed by atoms with van der Waals surface area (Å²) in [5.41, 5.74) is 6.10. The largest absolute Gasteiger partial charge is 0.468 e. The van der Waals surface area contributed by atoms with Crippen molar-refractivity contribution in [3.8, 4) is 0 Å². The summed E-state index contributed by atoms with van der Waals surface area (Å²) in [6.45, 7) is 4.41. The van der Waals surface area contributed by atoms with Gasteiger partial charge in [0.25, 0.3) is 0 Å². The molecule has 4 heteroatoms. The molecule has 1 heterocycles. The monoisotopic (exact) mass is 226 g/mol. The van der Waals surface area contributed by atoms with Crippen LogP contribution in [0.4, 0.5) is 0 Å². The van der Waals surface area contributed by atoms with Crippen LogP contribution in [0.15, 0.2) is 22.8 Å². The van der Waals surface area contributed by atoms with Crippen molar-refractivity contribution in [2.24, 2.45) is 5.73 Å². The Balaban J connectivity index is 2.79. The Morgan fingerprint density at radius 1 is 1.56 bits per heavy atom. The van der Waals surface area contributed by atoms with Gasteiger partial charge in [0.05, 0.1) is 18.4 Å². The molecule has 0 aliphatic heterocycles. The first-order chi connectivity index (χ1) is 7.56. The first kappa shape index (κ1) is 13.2. The zero-order chi connectivity index (χ0) is 12.1. The van der Waals surface area contributed by atoms with E-state index in [4.69, 9.17) is 10.2 Å². The third-order valence-electron chi connectivity index (χ3n) is 2.74. The molecule has 0 bridgehead atoms. The van der Waals surface area contributed by atoms with E-state index < -0.39 is 0 Å². The van der Waals surface area contributed by atoms with Crippen LogP contribution in [0.5, 0.6) is 0 Å². The summed E-state index contributed by atoms with van der Waals surface area (Å²) in [4.78, 5) is 2.04. The van der Waals surface area contributed by atoms with Gasteiger partial charge in [-0.1, -0.05) is 6.92 Å². The Kier molecular flexibility index (Phi) is 4.99. The molecule has 0 saturated carbocycles. The van der Waals surface area contributed by atoms with E-state index in [2.05, 4.69) is 6.92 Å². The van der Waals surface area contributed by atoms with Crippen molar-refractivity contribution in [1.82, 2.24) is 4.90 Å². The highest BCUT2D eigenvalue weighted by atomic mass is 16.3. The molecule has 92 valence electrons. The zero-order valence-corrected chi connectivity index (χ0v) is 10.3. The van der Waals surface area contributed by atoms with Gasteiger partial charge in [-0.2, -0.15) is 0 Å². The third kappa shape index (κ3) is 3.33. The van der Waals surface area contributed by atoms with Gasteiger partial charge in [0.2, 0.25) is 0 Å². The first-order valence-electron chi connectivity index (χ1n) is 5.73. The van der Waals surface area contributed by atoms with E-state index in [9.17, 15) is 5.11 Å². The average Bonchev–Trinajstić information content (AvgIpc) is 2.69. The number of nitrogens with two attached hydrogens (primary N) is 1. The molecule has 0 spiro atoms. The molecule has 0 amide bonds. The van der Waals surface area contributed by atoms with Crippen molar-refractivity contribution >= 4 is 0 Å². The summed E-state index contributed by atoms with van der Waals surface area (Å²) in [6.07, 6.45) is 2.16. The summed E-state index contributed by atoms with van der Waals surface area (Å²) in [7, 11) is 1.95. The van der Waals surface area contributed by atoms with Crippen molar-refractivity contribution in [3.63, 3.8) is 0 Å². The van der Waals surface area contributed by atoms with Gasteiger partial charge >= 0.3 is 0 Å². The molecule has 0 saturated heterocycles. The van der Waals surface area contributed by atoms with Crippen LogP contribution < -0.4 is 5.73 Å². The Morgan fingerprint density at radius 3 is 2.69 bits per heavy atom. The highest BCUT2D eigenvalue weighted by molar-refractivity contribution is 5.07. The Morgan fingerprint density at radius 2 is 2.25 bits per heavy atom. The third-order valence-corrected chi connectivity index (χ3v) is 2.74. The van der Waals surface area contributed by atoms with Gasteiger partial charge in [-0.25, -0.2) is 0 Å². The smallest absolute Gasteiger partial charge is 0.122 e. The van der Waals surface area contributed by atoms with Crippen LogP contribution >= 0.6 is 0 Å². The predicted octanol–water partition coefficient (Wildman–Crippen LogP) is 1.37. The van der Waals surface area contributed by atoms with Crippen molar-refractivity contribution in [2.45, 2.75) is 38.5 Å². The molecule has 4 nitrogen and oxygen atoms in total. The van der Waals surface area contributed by atoms with Gasteiger partial charge in [0, 0.05) is 12.6 Å². The van der Waals surface area contributed by atoms with Crippen molar-refractivity contribution in [1.29, 1.82) is 0 Å². The SMILES string of the molecule is CCC(N)C(c1ccco1)N(C)CC(C)O. The van der Waals surface area contributed by atoms with Crippen molar-refractivity contribution in [3.05, 3.63) is 24.2 Å². The lowest BCUT2D eigenvalue weighted by atomic mass is 10.0. The fourth-order valence-electron chi connectivity index (χ4n) is 1.97. The van der Waals surface area contributed by atoms with Crippen LogP contribution in [0.2, 0.25) is 0 Å². The standard InChI is InChI=1S/C12H22N2O2/c1-4-10(13)12(11-6-5-7-16-11)14(3)8-9(2)15/h5-7,9-10,12,15H,4,8,13H2,1-3H3. The fraction of sp³-hybridized carbons (Fsp3) is 0.667. The molecular formula is C12H22N2O2. The average molecular weight is 226 g/mol. The highest BCUT2D eigenvalue weighted by Crippen LogP contribution is 2.24. The number of hydrogen-bond acceptors (Lipinski definition) is 4. The molecule has 1 rings (SSSR count). The van der Waals surface area contributed by atoms with Gasteiger partial charge in [-0.15, -0.1) is 0 Å². The van der Waals surface area contributed by atoms with Crippen LogP contribution in [0.3, 0.4) is 0 Å². The predicted molar refractivity (Wildman–Crippen MR) is 64.0 cm³/mol. The van der Waals surface area contributed by atoms with Gasteiger partial charge in [-0.3, -0.25) is 4.90 Å². The minimum absolute atomic E-state index is 0.00917.